The van der Waals surface area contributed by atoms with E-state index < -0.39 is 6.10 Å². The fraction of sp³-hybridized carbons (Fsp3) is 0.438. The van der Waals surface area contributed by atoms with E-state index in [1.54, 1.807) is 11.3 Å². The summed E-state index contributed by atoms with van der Waals surface area (Å²) in [6.45, 7) is 6.45. The number of hydrogen-bond donors (Lipinski definition) is 1. The third-order valence-corrected chi connectivity index (χ3v) is 5.31. The lowest BCUT2D eigenvalue weighted by Crippen LogP contribution is -2.20. The van der Waals surface area contributed by atoms with Crippen LogP contribution in [0.15, 0.2) is 28.1 Å². The van der Waals surface area contributed by atoms with Gasteiger partial charge in [0.05, 0.1) is 16.8 Å². The van der Waals surface area contributed by atoms with Gasteiger partial charge in [0.15, 0.2) is 0 Å². The standard InChI is InChI=1S/C16H18BrNO2S/c1-16(2,3)15-18-11(8-21-15)14-7-12(19)10-5-4-9(17)6-13(10)20-14/h4-6,8,12,14,19H,7H2,1-3H3/t12-,14?/m0/s1. The van der Waals surface area contributed by atoms with Crippen molar-refractivity contribution in [1.29, 1.82) is 0 Å². The van der Waals surface area contributed by atoms with Gasteiger partial charge in [-0.25, -0.2) is 4.98 Å². The average Bonchev–Trinajstić information content (AvgIpc) is 2.87. The third kappa shape index (κ3) is 3.00. The van der Waals surface area contributed by atoms with E-state index in [9.17, 15) is 5.11 Å². The van der Waals surface area contributed by atoms with Crippen molar-refractivity contribution >= 4 is 27.3 Å². The minimum Gasteiger partial charge on any atom is -0.484 e. The molecule has 2 heterocycles. The summed E-state index contributed by atoms with van der Waals surface area (Å²) in [5, 5.41) is 13.5. The van der Waals surface area contributed by atoms with Crippen LogP contribution in [-0.4, -0.2) is 10.1 Å². The van der Waals surface area contributed by atoms with Gasteiger partial charge in [0.25, 0.3) is 0 Å². The van der Waals surface area contributed by atoms with Crippen molar-refractivity contribution in [3.05, 3.63) is 44.3 Å². The Balaban J connectivity index is 1.90. The molecule has 0 saturated carbocycles. The number of aliphatic hydroxyl groups is 1. The SMILES string of the molecule is CC(C)(C)c1nc(C2C[C@H](O)c3ccc(Br)cc3O2)cs1. The van der Waals surface area contributed by atoms with Crippen molar-refractivity contribution < 1.29 is 9.84 Å². The Morgan fingerprint density at radius 3 is 2.81 bits per heavy atom. The molecule has 112 valence electrons. The maximum Gasteiger partial charge on any atom is 0.144 e. The number of fused-ring (bicyclic) bond motifs is 1. The van der Waals surface area contributed by atoms with E-state index in [4.69, 9.17) is 9.72 Å². The second-order valence-corrected chi connectivity index (χ2v) is 8.14. The monoisotopic (exact) mass is 367 g/mol. The number of aromatic nitrogens is 1. The van der Waals surface area contributed by atoms with Crippen LogP contribution in [0, 0.1) is 0 Å². The maximum absolute atomic E-state index is 10.3. The van der Waals surface area contributed by atoms with Crippen molar-refractivity contribution in [2.45, 2.75) is 44.8 Å². The second-order valence-electron chi connectivity index (χ2n) is 6.37. The summed E-state index contributed by atoms with van der Waals surface area (Å²) in [4.78, 5) is 4.71. The number of halogens is 1. The zero-order valence-corrected chi connectivity index (χ0v) is 14.7. The van der Waals surface area contributed by atoms with Crippen molar-refractivity contribution in [2.75, 3.05) is 0 Å². The lowest BCUT2D eigenvalue weighted by molar-refractivity contribution is 0.0638. The van der Waals surface area contributed by atoms with E-state index in [1.165, 1.54) is 0 Å². The minimum absolute atomic E-state index is 0.0388. The third-order valence-electron chi connectivity index (χ3n) is 3.53. The van der Waals surface area contributed by atoms with E-state index >= 15 is 0 Å². The molecule has 2 atom stereocenters. The normalized spacial score (nSPS) is 21.8. The molecule has 3 nitrogen and oxygen atoms in total. The number of ether oxygens (including phenoxy) is 1. The number of aliphatic hydroxyl groups excluding tert-OH is 1. The molecule has 1 aromatic carbocycles. The number of hydrogen-bond acceptors (Lipinski definition) is 4. The fourth-order valence-corrected chi connectivity index (χ4v) is 3.66. The summed E-state index contributed by atoms with van der Waals surface area (Å²) in [6.07, 6.45) is -0.150. The van der Waals surface area contributed by atoms with Gasteiger partial charge in [-0.2, -0.15) is 0 Å². The first-order valence-electron chi connectivity index (χ1n) is 6.94. The molecule has 5 heteroatoms. The number of thiazole rings is 1. The van der Waals surface area contributed by atoms with Gasteiger partial charge in [-0.1, -0.05) is 42.8 Å². The Kier molecular flexibility index (Phi) is 3.84. The predicted molar refractivity (Wildman–Crippen MR) is 87.9 cm³/mol. The summed E-state index contributed by atoms with van der Waals surface area (Å²) in [7, 11) is 0. The van der Waals surface area contributed by atoms with E-state index in [-0.39, 0.29) is 11.5 Å². The molecule has 0 saturated heterocycles. The maximum atomic E-state index is 10.3. The van der Waals surface area contributed by atoms with Gasteiger partial charge in [-0.05, 0) is 12.1 Å². The van der Waals surface area contributed by atoms with Gasteiger partial charge in [0.2, 0.25) is 0 Å². The Labute approximate surface area is 137 Å². The first kappa shape index (κ1) is 15.0. The Bertz CT molecular complexity index is 663. The molecule has 0 bridgehead atoms. The second kappa shape index (κ2) is 5.38. The molecule has 2 aromatic rings. The Hall–Kier alpha value is -0.910. The summed E-state index contributed by atoms with van der Waals surface area (Å²) < 4.78 is 7.00. The van der Waals surface area contributed by atoms with Gasteiger partial charge >= 0.3 is 0 Å². The van der Waals surface area contributed by atoms with Gasteiger partial charge in [0, 0.05) is 27.3 Å². The topological polar surface area (TPSA) is 42.4 Å². The highest BCUT2D eigenvalue weighted by Crippen LogP contribution is 2.42. The fourth-order valence-electron chi connectivity index (χ4n) is 2.38. The molecular weight excluding hydrogens is 350 g/mol. The van der Waals surface area contributed by atoms with E-state index in [0.29, 0.717) is 6.42 Å². The first-order valence-corrected chi connectivity index (χ1v) is 8.62. The first-order chi connectivity index (χ1) is 9.84. The van der Waals surface area contributed by atoms with Gasteiger partial charge < -0.3 is 9.84 Å². The van der Waals surface area contributed by atoms with Crippen LogP contribution in [0.25, 0.3) is 0 Å². The zero-order valence-electron chi connectivity index (χ0n) is 12.3. The van der Waals surface area contributed by atoms with Crippen LogP contribution in [0.1, 0.15) is 55.7 Å². The lowest BCUT2D eigenvalue weighted by atomic mass is 9.97. The van der Waals surface area contributed by atoms with Crippen LogP contribution in [0.3, 0.4) is 0 Å². The molecule has 1 N–H and O–H groups in total. The molecule has 1 aliphatic rings. The Morgan fingerprint density at radius 2 is 2.14 bits per heavy atom. The quantitative estimate of drug-likeness (QED) is 0.789. The molecule has 0 amide bonds. The Morgan fingerprint density at radius 1 is 1.38 bits per heavy atom. The molecule has 3 rings (SSSR count). The van der Waals surface area contributed by atoms with Crippen LogP contribution < -0.4 is 4.74 Å². The molecule has 0 spiro atoms. The van der Waals surface area contributed by atoms with Crippen LogP contribution in [0.2, 0.25) is 0 Å². The zero-order chi connectivity index (χ0) is 15.2. The van der Waals surface area contributed by atoms with E-state index in [2.05, 4.69) is 36.7 Å². The molecule has 1 aromatic heterocycles. The number of nitrogens with zero attached hydrogens (tertiary/aromatic N) is 1. The van der Waals surface area contributed by atoms with E-state index in [0.717, 1.165) is 26.5 Å². The van der Waals surface area contributed by atoms with Gasteiger partial charge in [-0.15, -0.1) is 11.3 Å². The van der Waals surface area contributed by atoms with Crippen LogP contribution in [0.4, 0.5) is 0 Å². The molecule has 1 aliphatic heterocycles. The average molecular weight is 368 g/mol. The lowest BCUT2D eigenvalue weighted by Gasteiger charge is -2.29. The van der Waals surface area contributed by atoms with Gasteiger partial charge in [-0.3, -0.25) is 0 Å². The van der Waals surface area contributed by atoms with Crippen molar-refractivity contribution in [2.24, 2.45) is 0 Å². The van der Waals surface area contributed by atoms with Crippen LogP contribution >= 0.6 is 27.3 Å². The number of benzene rings is 1. The molecule has 1 unspecified atom stereocenters. The van der Waals surface area contributed by atoms with Crippen molar-refractivity contribution in [3.8, 4) is 5.75 Å². The van der Waals surface area contributed by atoms with Crippen LogP contribution in [0.5, 0.6) is 5.75 Å². The molecule has 21 heavy (non-hydrogen) atoms. The highest BCUT2D eigenvalue weighted by atomic mass is 79.9. The van der Waals surface area contributed by atoms with E-state index in [1.807, 2.05) is 23.6 Å². The summed E-state index contributed by atoms with van der Waals surface area (Å²) in [5.41, 5.74) is 1.80. The predicted octanol–water partition coefficient (Wildman–Crippen LogP) is 4.76. The summed E-state index contributed by atoms with van der Waals surface area (Å²) in [5.74, 6) is 0.735. The highest BCUT2D eigenvalue weighted by molar-refractivity contribution is 9.10. The number of rotatable bonds is 1. The summed E-state index contributed by atoms with van der Waals surface area (Å²) in [6, 6.07) is 5.73. The van der Waals surface area contributed by atoms with Crippen molar-refractivity contribution in [1.82, 2.24) is 4.98 Å². The smallest absolute Gasteiger partial charge is 0.144 e. The summed E-state index contributed by atoms with van der Waals surface area (Å²) >= 11 is 5.10. The van der Waals surface area contributed by atoms with Crippen LogP contribution in [-0.2, 0) is 5.41 Å². The van der Waals surface area contributed by atoms with Gasteiger partial charge in [0.1, 0.15) is 11.9 Å². The largest absolute Gasteiger partial charge is 0.484 e. The highest BCUT2D eigenvalue weighted by Gasteiger charge is 2.30. The van der Waals surface area contributed by atoms with Crippen molar-refractivity contribution in [3.63, 3.8) is 0 Å². The minimum atomic E-state index is -0.508. The molecule has 0 aliphatic carbocycles. The molecule has 0 radical (unpaired) electrons. The molecule has 0 fully saturated rings. The molecular formula is C16H18BrNO2S.